The van der Waals surface area contributed by atoms with Crippen molar-refractivity contribution < 1.29 is 9.53 Å². The number of methoxy groups -OCH3 is 1. The summed E-state index contributed by atoms with van der Waals surface area (Å²) >= 11 is 0. The highest BCUT2D eigenvalue weighted by atomic mass is 16.5. The summed E-state index contributed by atoms with van der Waals surface area (Å²) in [6.45, 7) is 2.39. The Labute approximate surface area is 201 Å². The number of ether oxygens (including phenoxy) is 1. The van der Waals surface area contributed by atoms with Crippen molar-refractivity contribution in [3.8, 4) is 11.9 Å². The van der Waals surface area contributed by atoms with E-state index >= 15 is 0 Å². The second kappa shape index (κ2) is 10.9. The molecule has 0 aromatic heterocycles. The quantitative estimate of drug-likeness (QED) is 0.254. The van der Waals surface area contributed by atoms with Gasteiger partial charge in [0.2, 0.25) is 5.96 Å². The molecule has 178 valence electrons. The highest BCUT2D eigenvalue weighted by Gasteiger charge is 2.37. The molecule has 8 heteroatoms. The van der Waals surface area contributed by atoms with Crippen LogP contribution in [0.25, 0.3) is 0 Å². The zero-order valence-electron chi connectivity index (χ0n) is 19.6. The molecule has 2 aliphatic rings. The van der Waals surface area contributed by atoms with Gasteiger partial charge in [0.1, 0.15) is 5.75 Å². The molecule has 2 aromatic carbocycles. The lowest BCUT2D eigenvalue weighted by atomic mass is 9.68. The number of amides is 1. The smallest absolute Gasteiger partial charge is 0.255 e. The number of hydrogen-bond acceptors (Lipinski definition) is 5. The molecule has 1 aliphatic carbocycles. The third-order valence-electron chi connectivity index (χ3n) is 6.86. The Morgan fingerprint density at radius 2 is 1.85 bits per heavy atom. The summed E-state index contributed by atoms with van der Waals surface area (Å²) in [5.74, 6) is 0.958. The zero-order valence-corrected chi connectivity index (χ0v) is 19.6. The Hall–Kier alpha value is -3.73. The van der Waals surface area contributed by atoms with Gasteiger partial charge in [0, 0.05) is 31.1 Å². The molecule has 4 rings (SSSR count). The Morgan fingerprint density at radius 3 is 2.50 bits per heavy atom. The van der Waals surface area contributed by atoms with E-state index in [2.05, 4.69) is 45.3 Å². The number of nitriles is 1. The van der Waals surface area contributed by atoms with Gasteiger partial charge < -0.3 is 15.4 Å². The molecule has 8 nitrogen and oxygen atoms in total. The number of nitrogens with zero attached hydrogens (tertiary/aromatic N) is 3. The molecule has 1 saturated carbocycles. The van der Waals surface area contributed by atoms with Gasteiger partial charge in [-0.3, -0.25) is 15.1 Å². The van der Waals surface area contributed by atoms with Crippen LogP contribution in [0.2, 0.25) is 0 Å². The second-order valence-corrected chi connectivity index (χ2v) is 8.94. The fourth-order valence-electron chi connectivity index (χ4n) is 4.73. The maximum absolute atomic E-state index is 13.0. The van der Waals surface area contributed by atoms with Gasteiger partial charge in [-0.25, -0.2) is 0 Å². The maximum Gasteiger partial charge on any atom is 0.255 e. The normalized spacial score (nSPS) is 22.2. The van der Waals surface area contributed by atoms with Crippen LogP contribution in [0, 0.1) is 11.5 Å². The third-order valence-corrected chi connectivity index (χ3v) is 6.86. The van der Waals surface area contributed by atoms with Crippen molar-refractivity contribution in [1.82, 2.24) is 21.0 Å². The first-order valence-electron chi connectivity index (χ1n) is 11.9. The van der Waals surface area contributed by atoms with Crippen LogP contribution in [-0.4, -0.2) is 49.7 Å². The number of hydrogen-bond donors (Lipinski definition) is 3. The largest absolute Gasteiger partial charge is 0.496 e. The molecule has 0 unspecified atom stereocenters. The van der Waals surface area contributed by atoms with Gasteiger partial charge in [-0.2, -0.15) is 5.26 Å². The van der Waals surface area contributed by atoms with E-state index in [1.807, 2.05) is 29.4 Å². The molecule has 0 radical (unpaired) electrons. The number of rotatable bonds is 7. The number of carbonyl (C=O) groups is 1. The molecular weight excluding hydrogens is 428 g/mol. The first-order chi connectivity index (χ1) is 16.6. The van der Waals surface area contributed by atoms with Crippen LogP contribution in [-0.2, 0) is 5.41 Å². The molecular formula is C26H32N6O2. The molecule has 0 spiro atoms. The maximum atomic E-state index is 13.0. The summed E-state index contributed by atoms with van der Waals surface area (Å²) in [5, 5.41) is 24.8. The van der Waals surface area contributed by atoms with Crippen LogP contribution in [0.1, 0.15) is 48.0 Å². The van der Waals surface area contributed by atoms with E-state index in [0.717, 1.165) is 45.2 Å². The fourth-order valence-corrected chi connectivity index (χ4v) is 4.73. The van der Waals surface area contributed by atoms with Gasteiger partial charge in [0.15, 0.2) is 6.19 Å². The minimum absolute atomic E-state index is 0.129. The van der Waals surface area contributed by atoms with E-state index in [-0.39, 0.29) is 17.4 Å². The predicted molar refractivity (Wildman–Crippen MR) is 131 cm³/mol. The van der Waals surface area contributed by atoms with Crippen LogP contribution in [0.3, 0.4) is 0 Å². The van der Waals surface area contributed by atoms with Crippen molar-refractivity contribution in [2.75, 3.05) is 26.7 Å². The number of hydrazone groups is 1. The van der Waals surface area contributed by atoms with Crippen molar-refractivity contribution in [2.45, 2.75) is 43.6 Å². The fraction of sp³-hybridized carbons (Fsp3) is 0.423. The van der Waals surface area contributed by atoms with Crippen molar-refractivity contribution in [3.63, 3.8) is 0 Å². The van der Waals surface area contributed by atoms with E-state index in [1.54, 1.807) is 19.2 Å². The van der Waals surface area contributed by atoms with Crippen LogP contribution in [0.15, 0.2) is 59.7 Å². The summed E-state index contributed by atoms with van der Waals surface area (Å²) in [6.07, 6.45) is 6.75. The van der Waals surface area contributed by atoms with Gasteiger partial charge in [-0.05, 0) is 49.8 Å². The van der Waals surface area contributed by atoms with Crippen molar-refractivity contribution in [1.29, 1.82) is 5.26 Å². The Morgan fingerprint density at radius 1 is 1.15 bits per heavy atom. The molecule has 1 aliphatic heterocycles. The van der Waals surface area contributed by atoms with Crippen molar-refractivity contribution in [2.24, 2.45) is 5.10 Å². The summed E-state index contributed by atoms with van der Waals surface area (Å²) in [6, 6.07) is 17.9. The van der Waals surface area contributed by atoms with Gasteiger partial charge in [0.25, 0.3) is 5.91 Å². The number of benzene rings is 2. The average Bonchev–Trinajstić information content (AvgIpc) is 2.86. The minimum Gasteiger partial charge on any atom is -0.496 e. The van der Waals surface area contributed by atoms with E-state index in [9.17, 15) is 4.79 Å². The second-order valence-electron chi connectivity index (χ2n) is 8.94. The number of carbonyl (C=O) groups excluding carboxylic acids is 1. The SMILES string of the molecule is COc1ccccc1C(=O)NCC1(c2ccccc2)CCC(N/C(=N/N2CCC2)NC#N)CC1. The van der Waals surface area contributed by atoms with Gasteiger partial charge in [-0.1, -0.05) is 42.5 Å². The van der Waals surface area contributed by atoms with Crippen molar-refractivity contribution >= 4 is 11.9 Å². The molecule has 1 saturated heterocycles. The van der Waals surface area contributed by atoms with Crippen molar-refractivity contribution in [3.05, 3.63) is 65.7 Å². The number of para-hydroxylation sites is 1. The Kier molecular flexibility index (Phi) is 7.53. The molecule has 1 amide bonds. The van der Waals surface area contributed by atoms with Gasteiger partial charge >= 0.3 is 0 Å². The van der Waals surface area contributed by atoms with E-state index in [1.165, 1.54) is 5.56 Å². The van der Waals surface area contributed by atoms with Gasteiger partial charge in [-0.15, -0.1) is 5.10 Å². The molecule has 1 heterocycles. The van der Waals surface area contributed by atoms with Gasteiger partial charge in [0.05, 0.1) is 12.7 Å². The number of nitrogens with one attached hydrogen (secondary N) is 3. The zero-order chi connectivity index (χ0) is 23.8. The topological polar surface area (TPSA) is 102 Å². The Bertz CT molecular complexity index is 1040. The average molecular weight is 461 g/mol. The summed E-state index contributed by atoms with van der Waals surface area (Å²) in [7, 11) is 1.58. The standard InChI is InChI=1S/C26H32N6O2/c1-34-23-11-6-5-10-22(23)24(33)28-18-26(20-8-3-2-4-9-20)14-12-21(13-15-26)30-25(29-19-27)31-32-16-7-17-32/h2-6,8-11,21H,7,12-18H2,1H3,(H,28,33)(H2,29,30,31). The molecule has 3 N–H and O–H groups in total. The predicted octanol–water partition coefficient (Wildman–Crippen LogP) is 2.94. The minimum atomic E-state index is -0.158. The van der Waals surface area contributed by atoms with E-state index in [4.69, 9.17) is 10.00 Å². The molecule has 2 fully saturated rings. The lowest BCUT2D eigenvalue weighted by Gasteiger charge is -2.41. The first kappa shape index (κ1) is 23.4. The summed E-state index contributed by atoms with van der Waals surface area (Å²) < 4.78 is 5.37. The van der Waals surface area contributed by atoms with E-state index in [0.29, 0.717) is 23.8 Å². The summed E-state index contributed by atoms with van der Waals surface area (Å²) in [5.41, 5.74) is 1.62. The van der Waals surface area contributed by atoms with Crippen LogP contribution in [0.4, 0.5) is 0 Å². The summed E-state index contributed by atoms with van der Waals surface area (Å²) in [4.78, 5) is 13.0. The third kappa shape index (κ3) is 5.42. The lowest BCUT2D eigenvalue weighted by molar-refractivity contribution is 0.0932. The van der Waals surface area contributed by atoms with E-state index < -0.39 is 0 Å². The highest BCUT2D eigenvalue weighted by molar-refractivity contribution is 5.97. The molecule has 0 atom stereocenters. The Balaban J connectivity index is 1.45. The highest BCUT2D eigenvalue weighted by Crippen LogP contribution is 2.39. The molecule has 2 aromatic rings. The molecule has 34 heavy (non-hydrogen) atoms. The number of guanidine groups is 1. The van der Waals surface area contributed by atoms with Crippen LogP contribution in [0.5, 0.6) is 5.75 Å². The molecule has 0 bridgehead atoms. The van der Waals surface area contributed by atoms with Crippen LogP contribution >= 0.6 is 0 Å². The lowest BCUT2D eigenvalue weighted by Crippen LogP contribution is -2.50. The first-order valence-corrected chi connectivity index (χ1v) is 11.9. The monoisotopic (exact) mass is 460 g/mol. The van der Waals surface area contributed by atoms with Crippen LogP contribution < -0.4 is 20.7 Å².